The Balaban J connectivity index is 1.73. The molecule has 3 aromatic heterocycles. The molecule has 2 N–H and O–H groups in total. The van der Waals surface area contributed by atoms with Crippen molar-refractivity contribution in [2.24, 2.45) is 0 Å². The van der Waals surface area contributed by atoms with Crippen LogP contribution in [0, 0.1) is 0 Å². The second-order valence-corrected chi connectivity index (χ2v) is 5.65. The first-order valence-electron chi connectivity index (χ1n) is 7.07. The molecule has 0 aliphatic carbocycles. The molecule has 0 bridgehead atoms. The summed E-state index contributed by atoms with van der Waals surface area (Å²) in [7, 11) is 3.11. The molecule has 0 unspecified atom stereocenters. The van der Waals surface area contributed by atoms with Gasteiger partial charge in [-0.25, -0.2) is 4.98 Å². The lowest BCUT2D eigenvalue weighted by atomic mass is 10.4. The molecule has 3 rings (SSSR count). The number of carbonyl (C=O) groups excluding carboxylic acids is 1. The van der Waals surface area contributed by atoms with Gasteiger partial charge in [0.2, 0.25) is 0 Å². The van der Waals surface area contributed by atoms with Crippen molar-refractivity contribution >= 4 is 22.9 Å². The third-order valence-corrected chi connectivity index (χ3v) is 4.07. The molecule has 0 saturated heterocycles. The van der Waals surface area contributed by atoms with Crippen molar-refractivity contribution in [3.05, 3.63) is 29.7 Å². The van der Waals surface area contributed by atoms with Crippen LogP contribution in [0.3, 0.4) is 0 Å². The number of nitrogens with zero attached hydrogens (tertiary/aromatic N) is 4. The van der Waals surface area contributed by atoms with Gasteiger partial charge in [-0.1, -0.05) is 0 Å². The van der Waals surface area contributed by atoms with E-state index in [0.717, 1.165) is 10.6 Å². The molecule has 126 valence electrons. The van der Waals surface area contributed by atoms with Gasteiger partial charge >= 0.3 is 0 Å². The molecule has 0 atom stereocenters. The molecule has 3 heterocycles. The summed E-state index contributed by atoms with van der Waals surface area (Å²) in [6, 6.07) is 0. The van der Waals surface area contributed by atoms with Gasteiger partial charge in [0.15, 0.2) is 0 Å². The van der Waals surface area contributed by atoms with E-state index >= 15 is 0 Å². The molecule has 0 aromatic carbocycles. The largest absolute Gasteiger partial charge is 0.478 e. The lowest BCUT2D eigenvalue weighted by Crippen LogP contribution is -2.12. The van der Waals surface area contributed by atoms with Gasteiger partial charge in [0.1, 0.15) is 16.4 Å². The zero-order valence-corrected chi connectivity index (χ0v) is 14.0. The van der Waals surface area contributed by atoms with E-state index in [1.165, 1.54) is 18.4 Å². The van der Waals surface area contributed by atoms with Crippen LogP contribution in [0.2, 0.25) is 0 Å². The molecular formula is C14H16N6O3S. The minimum Gasteiger partial charge on any atom is -0.478 e. The first-order valence-corrected chi connectivity index (χ1v) is 7.95. The van der Waals surface area contributed by atoms with Gasteiger partial charge in [0, 0.05) is 24.3 Å². The summed E-state index contributed by atoms with van der Waals surface area (Å²) in [5.41, 5.74) is 1.64. The Morgan fingerprint density at radius 1 is 1.46 bits per heavy atom. The minimum absolute atomic E-state index is 0.322. The van der Waals surface area contributed by atoms with Crippen molar-refractivity contribution in [3.63, 3.8) is 0 Å². The molecule has 9 nitrogen and oxygen atoms in total. The lowest BCUT2D eigenvalue weighted by molar-refractivity contribution is 0.102. The maximum atomic E-state index is 12.4. The maximum absolute atomic E-state index is 12.4. The van der Waals surface area contributed by atoms with Crippen LogP contribution in [0.4, 0.5) is 5.69 Å². The Bertz CT molecular complexity index is 810. The highest BCUT2D eigenvalue weighted by Crippen LogP contribution is 2.25. The number of anilines is 1. The third-order valence-electron chi connectivity index (χ3n) is 3.18. The fourth-order valence-corrected chi connectivity index (χ4v) is 2.79. The fourth-order valence-electron chi connectivity index (χ4n) is 2.00. The summed E-state index contributed by atoms with van der Waals surface area (Å²) in [5, 5.41) is 16.0. The number of carbonyl (C=O) groups is 1. The summed E-state index contributed by atoms with van der Waals surface area (Å²) in [5.74, 6) is 0.00956. The van der Waals surface area contributed by atoms with Crippen LogP contribution < -0.4 is 10.1 Å². The normalized spacial score (nSPS) is 10.8. The van der Waals surface area contributed by atoms with Gasteiger partial charge in [0.25, 0.3) is 11.8 Å². The zero-order valence-electron chi connectivity index (χ0n) is 13.1. The van der Waals surface area contributed by atoms with Crippen LogP contribution in [0.1, 0.15) is 10.5 Å². The van der Waals surface area contributed by atoms with Crippen LogP contribution in [0.15, 0.2) is 24.0 Å². The van der Waals surface area contributed by atoms with Gasteiger partial charge in [-0.05, 0) is 0 Å². The van der Waals surface area contributed by atoms with Gasteiger partial charge in [0.05, 0.1) is 32.7 Å². The van der Waals surface area contributed by atoms with Crippen molar-refractivity contribution in [2.45, 2.75) is 6.54 Å². The number of thiazole rings is 1. The number of ether oxygens (including phenoxy) is 2. The molecule has 10 heteroatoms. The second-order valence-electron chi connectivity index (χ2n) is 4.79. The van der Waals surface area contributed by atoms with Gasteiger partial charge in [-0.3, -0.25) is 14.6 Å². The van der Waals surface area contributed by atoms with Crippen molar-refractivity contribution < 1.29 is 14.3 Å². The molecular weight excluding hydrogens is 332 g/mol. The lowest BCUT2D eigenvalue weighted by Gasteiger charge is -2.01. The molecule has 0 saturated carbocycles. The van der Waals surface area contributed by atoms with E-state index in [2.05, 4.69) is 25.6 Å². The van der Waals surface area contributed by atoms with E-state index in [0.29, 0.717) is 30.4 Å². The van der Waals surface area contributed by atoms with E-state index in [1.54, 1.807) is 35.8 Å². The molecule has 0 spiro atoms. The van der Waals surface area contributed by atoms with E-state index < -0.39 is 0 Å². The summed E-state index contributed by atoms with van der Waals surface area (Å²) < 4.78 is 11.8. The average molecular weight is 348 g/mol. The van der Waals surface area contributed by atoms with Gasteiger partial charge in [-0.15, -0.1) is 16.4 Å². The number of hydrogen-bond acceptors (Lipinski definition) is 7. The summed E-state index contributed by atoms with van der Waals surface area (Å²) in [6.45, 7) is 1.07. The summed E-state index contributed by atoms with van der Waals surface area (Å²) in [4.78, 5) is 16.7. The van der Waals surface area contributed by atoms with Crippen LogP contribution >= 0.6 is 11.3 Å². The predicted molar refractivity (Wildman–Crippen MR) is 88.3 cm³/mol. The minimum atomic E-state index is -0.328. The Hall–Kier alpha value is -2.72. The van der Waals surface area contributed by atoms with E-state index in [-0.39, 0.29) is 5.91 Å². The quantitative estimate of drug-likeness (QED) is 0.672. The Labute approximate surface area is 141 Å². The predicted octanol–water partition coefficient (Wildman–Crippen LogP) is 1.64. The highest BCUT2D eigenvalue weighted by Gasteiger charge is 2.17. The third kappa shape index (κ3) is 3.44. The summed E-state index contributed by atoms with van der Waals surface area (Å²) >= 11 is 1.37. The van der Waals surface area contributed by atoms with Crippen LogP contribution in [-0.2, 0) is 11.3 Å². The zero-order chi connectivity index (χ0) is 16.9. The molecule has 0 radical (unpaired) electrons. The molecule has 0 aliphatic heterocycles. The Kier molecular flexibility index (Phi) is 4.87. The Morgan fingerprint density at radius 3 is 3.04 bits per heavy atom. The SMILES string of the molecule is COCCn1cc(NC(=O)c2csc(-c3cn[nH]c3)n2)c(OC)n1. The molecule has 24 heavy (non-hydrogen) atoms. The van der Waals surface area contributed by atoms with Crippen LogP contribution in [0.5, 0.6) is 5.88 Å². The first-order chi connectivity index (χ1) is 11.7. The van der Waals surface area contributed by atoms with Crippen molar-refractivity contribution in [3.8, 4) is 16.5 Å². The van der Waals surface area contributed by atoms with Gasteiger partial charge in [-0.2, -0.15) is 5.10 Å². The number of aromatic amines is 1. The van der Waals surface area contributed by atoms with Crippen molar-refractivity contribution in [2.75, 3.05) is 26.1 Å². The number of aromatic nitrogens is 5. The van der Waals surface area contributed by atoms with E-state index in [4.69, 9.17) is 9.47 Å². The maximum Gasteiger partial charge on any atom is 0.275 e. The molecule has 0 aliphatic rings. The summed E-state index contributed by atoms with van der Waals surface area (Å²) in [6.07, 6.45) is 5.08. The molecule has 0 fully saturated rings. The fraction of sp³-hybridized carbons (Fsp3) is 0.286. The first kappa shape index (κ1) is 16.1. The monoisotopic (exact) mass is 348 g/mol. The average Bonchev–Trinajstić information content (AvgIpc) is 3.31. The number of H-pyrrole nitrogens is 1. The molecule has 1 amide bonds. The number of nitrogens with one attached hydrogen (secondary N) is 2. The standard InChI is InChI=1S/C14H16N6O3S/c1-22-4-3-20-7-10(13(19-20)23-2)17-12(21)11-8-24-14(18-11)9-5-15-16-6-9/h5-8H,3-4H2,1-2H3,(H,15,16)(H,17,21). The van der Waals surface area contributed by atoms with Crippen LogP contribution in [-0.4, -0.2) is 51.7 Å². The van der Waals surface area contributed by atoms with E-state index in [1.807, 2.05) is 0 Å². The molecule has 3 aromatic rings. The smallest absolute Gasteiger partial charge is 0.275 e. The van der Waals surface area contributed by atoms with E-state index in [9.17, 15) is 4.79 Å². The number of methoxy groups -OCH3 is 2. The number of hydrogen-bond donors (Lipinski definition) is 2. The van der Waals surface area contributed by atoms with Crippen molar-refractivity contribution in [1.82, 2.24) is 25.0 Å². The topological polar surface area (TPSA) is 107 Å². The highest BCUT2D eigenvalue weighted by molar-refractivity contribution is 7.13. The van der Waals surface area contributed by atoms with Gasteiger partial charge < -0.3 is 14.8 Å². The van der Waals surface area contributed by atoms with Crippen molar-refractivity contribution in [1.29, 1.82) is 0 Å². The van der Waals surface area contributed by atoms with Crippen LogP contribution in [0.25, 0.3) is 10.6 Å². The number of rotatable bonds is 7. The number of amides is 1. The highest BCUT2D eigenvalue weighted by atomic mass is 32.1. The Morgan fingerprint density at radius 2 is 2.33 bits per heavy atom. The second kappa shape index (κ2) is 7.23.